The molecule has 6 rings (SSSR count). The molecule has 1 saturated heterocycles. The van der Waals surface area contributed by atoms with Crippen molar-refractivity contribution in [1.29, 1.82) is 0 Å². The molecule has 5 heteroatoms. The fourth-order valence-electron chi connectivity index (χ4n) is 5.45. The van der Waals surface area contributed by atoms with E-state index >= 15 is 0 Å². The van der Waals surface area contributed by atoms with Crippen LogP contribution in [0.3, 0.4) is 0 Å². The molecule has 3 aliphatic rings. The number of aromatic nitrogens is 4. The standard InChI is InChI=1S/C25H27N5/c1-2-9-27-21(4-1)22-6-5-19-7-8-25(14-23(19)29-22,24-15-26-17-28-24)20-12-18(13-20)16-30-10-3-11-30/h1-2,4-7,9,14-15,17-18,20H,3,8,10-13,16H2,(H,26,28). The molecule has 0 spiro atoms. The molecule has 1 atom stereocenters. The lowest BCUT2D eigenvalue weighted by Gasteiger charge is -2.49. The molecule has 1 N–H and O–H groups in total. The van der Waals surface area contributed by atoms with Gasteiger partial charge in [0.15, 0.2) is 0 Å². The summed E-state index contributed by atoms with van der Waals surface area (Å²) >= 11 is 0. The Morgan fingerprint density at radius 2 is 2.03 bits per heavy atom. The van der Waals surface area contributed by atoms with Crippen molar-refractivity contribution in [2.75, 3.05) is 19.6 Å². The summed E-state index contributed by atoms with van der Waals surface area (Å²) in [5.74, 6) is 1.46. The van der Waals surface area contributed by atoms with Crippen LogP contribution in [-0.2, 0) is 5.41 Å². The van der Waals surface area contributed by atoms with Crippen molar-refractivity contribution >= 4 is 12.2 Å². The Balaban J connectivity index is 1.37. The van der Waals surface area contributed by atoms with E-state index in [-0.39, 0.29) is 5.41 Å². The number of nitrogens with zero attached hydrogens (tertiary/aromatic N) is 4. The zero-order valence-corrected chi connectivity index (χ0v) is 17.2. The van der Waals surface area contributed by atoms with Crippen LogP contribution < -0.4 is 10.6 Å². The molecule has 0 aromatic carbocycles. The van der Waals surface area contributed by atoms with Crippen LogP contribution in [0, 0.1) is 11.8 Å². The molecule has 3 aromatic rings. The Kier molecular flexibility index (Phi) is 4.30. The lowest BCUT2D eigenvalue weighted by Crippen LogP contribution is -2.50. The van der Waals surface area contributed by atoms with Gasteiger partial charge in [-0.15, -0.1) is 0 Å². The average molecular weight is 398 g/mol. The third-order valence-corrected chi connectivity index (χ3v) is 7.37. The van der Waals surface area contributed by atoms with Gasteiger partial charge in [-0.3, -0.25) is 4.98 Å². The summed E-state index contributed by atoms with van der Waals surface area (Å²) in [6, 6.07) is 10.3. The van der Waals surface area contributed by atoms with Crippen LogP contribution in [0.2, 0.25) is 0 Å². The molecule has 0 amide bonds. The number of imidazole rings is 1. The second-order valence-electron chi connectivity index (χ2n) is 9.13. The van der Waals surface area contributed by atoms with E-state index in [1.165, 1.54) is 49.8 Å². The minimum Gasteiger partial charge on any atom is -0.348 e. The zero-order chi connectivity index (χ0) is 20.0. The smallest absolute Gasteiger partial charge is 0.0922 e. The van der Waals surface area contributed by atoms with Gasteiger partial charge in [0.25, 0.3) is 0 Å². The van der Waals surface area contributed by atoms with E-state index in [1.54, 1.807) is 0 Å². The molecule has 152 valence electrons. The zero-order valence-electron chi connectivity index (χ0n) is 17.2. The average Bonchev–Trinajstić information content (AvgIpc) is 3.27. The fourth-order valence-corrected chi connectivity index (χ4v) is 5.45. The highest BCUT2D eigenvalue weighted by Crippen LogP contribution is 2.50. The van der Waals surface area contributed by atoms with Crippen LogP contribution >= 0.6 is 0 Å². The largest absolute Gasteiger partial charge is 0.348 e. The Hall–Kier alpha value is -2.79. The molecule has 4 heterocycles. The first-order valence-electron chi connectivity index (χ1n) is 11.1. The van der Waals surface area contributed by atoms with Crippen LogP contribution in [0.5, 0.6) is 0 Å². The summed E-state index contributed by atoms with van der Waals surface area (Å²) in [6.45, 7) is 3.86. The lowest BCUT2D eigenvalue weighted by atomic mass is 9.57. The lowest BCUT2D eigenvalue weighted by molar-refractivity contribution is 0.0628. The maximum absolute atomic E-state index is 5.03. The van der Waals surface area contributed by atoms with Crippen molar-refractivity contribution in [3.63, 3.8) is 0 Å². The molecule has 0 radical (unpaired) electrons. The summed E-state index contributed by atoms with van der Waals surface area (Å²) in [6.07, 6.45) is 15.4. The molecule has 30 heavy (non-hydrogen) atoms. The summed E-state index contributed by atoms with van der Waals surface area (Å²) in [5.41, 5.74) is 3.04. The van der Waals surface area contributed by atoms with E-state index in [2.05, 4.69) is 44.1 Å². The van der Waals surface area contributed by atoms with Gasteiger partial charge < -0.3 is 9.88 Å². The highest BCUT2D eigenvalue weighted by atomic mass is 15.2. The number of aromatic amines is 1. The van der Waals surface area contributed by atoms with Gasteiger partial charge in [0.05, 0.1) is 23.1 Å². The summed E-state index contributed by atoms with van der Waals surface area (Å²) in [5, 5.41) is 2.30. The number of H-pyrrole nitrogens is 1. The number of pyridine rings is 2. The van der Waals surface area contributed by atoms with Crippen LogP contribution in [0.4, 0.5) is 0 Å². The highest BCUT2D eigenvalue weighted by Gasteiger charge is 2.47. The SMILES string of the molecule is C1=c2ccc(-c3ccccn3)nc2=CC(c2cnc[nH]2)(C2CC(CN3CCC3)C2)C1. The fraction of sp³-hybridized carbons (Fsp3) is 0.400. The predicted octanol–water partition coefficient (Wildman–Crippen LogP) is 2.50. The third-order valence-electron chi connectivity index (χ3n) is 7.37. The minimum absolute atomic E-state index is 0.0370. The second-order valence-corrected chi connectivity index (χ2v) is 9.13. The van der Waals surface area contributed by atoms with Gasteiger partial charge in [-0.2, -0.15) is 0 Å². The molecule has 1 unspecified atom stereocenters. The number of rotatable bonds is 5. The van der Waals surface area contributed by atoms with Crippen molar-refractivity contribution in [3.8, 4) is 11.4 Å². The van der Waals surface area contributed by atoms with Crippen LogP contribution in [0.25, 0.3) is 23.5 Å². The van der Waals surface area contributed by atoms with E-state index in [4.69, 9.17) is 4.98 Å². The first kappa shape index (κ1) is 18.0. The van der Waals surface area contributed by atoms with Gasteiger partial charge in [-0.25, -0.2) is 9.97 Å². The summed E-state index contributed by atoms with van der Waals surface area (Å²) in [7, 11) is 0. The topological polar surface area (TPSA) is 57.7 Å². The van der Waals surface area contributed by atoms with Gasteiger partial charge in [0.2, 0.25) is 0 Å². The van der Waals surface area contributed by atoms with Crippen LogP contribution in [0.15, 0.2) is 49.1 Å². The van der Waals surface area contributed by atoms with Gasteiger partial charge in [0.1, 0.15) is 0 Å². The van der Waals surface area contributed by atoms with Gasteiger partial charge in [-0.1, -0.05) is 18.2 Å². The van der Waals surface area contributed by atoms with Crippen LogP contribution in [0.1, 0.15) is 31.4 Å². The van der Waals surface area contributed by atoms with Crippen molar-refractivity contribution in [2.45, 2.75) is 31.1 Å². The highest BCUT2D eigenvalue weighted by molar-refractivity contribution is 5.57. The monoisotopic (exact) mass is 397 g/mol. The number of hydrogen-bond acceptors (Lipinski definition) is 4. The molecule has 1 aliphatic heterocycles. The molecule has 2 aliphatic carbocycles. The maximum atomic E-state index is 5.03. The Bertz CT molecular complexity index is 1140. The first-order chi connectivity index (χ1) is 14.8. The summed E-state index contributed by atoms with van der Waals surface area (Å²) < 4.78 is 0. The number of fused-ring (bicyclic) bond motifs is 1. The Morgan fingerprint density at radius 1 is 1.10 bits per heavy atom. The molecule has 3 aromatic heterocycles. The predicted molar refractivity (Wildman–Crippen MR) is 118 cm³/mol. The summed E-state index contributed by atoms with van der Waals surface area (Å²) in [4.78, 5) is 19.9. The molecule has 0 bridgehead atoms. The van der Waals surface area contributed by atoms with Gasteiger partial charge >= 0.3 is 0 Å². The van der Waals surface area contributed by atoms with E-state index < -0.39 is 0 Å². The van der Waals surface area contributed by atoms with E-state index in [0.717, 1.165) is 29.1 Å². The molecule has 5 nitrogen and oxygen atoms in total. The number of nitrogens with one attached hydrogen (secondary N) is 1. The molecular formula is C25H27N5. The number of hydrogen-bond donors (Lipinski definition) is 1. The molecule has 1 saturated carbocycles. The third kappa shape index (κ3) is 3.00. The maximum Gasteiger partial charge on any atom is 0.0922 e. The van der Waals surface area contributed by atoms with Crippen LogP contribution in [-0.4, -0.2) is 44.5 Å². The van der Waals surface area contributed by atoms with Crippen molar-refractivity contribution in [3.05, 3.63) is 65.3 Å². The van der Waals surface area contributed by atoms with E-state index in [1.807, 2.05) is 36.9 Å². The normalized spacial score (nSPS) is 27.9. The van der Waals surface area contributed by atoms with Gasteiger partial charge in [-0.05, 0) is 80.1 Å². The number of likely N-dealkylation sites (tertiary alicyclic amines) is 1. The van der Waals surface area contributed by atoms with E-state index in [0.29, 0.717) is 5.92 Å². The molecular weight excluding hydrogens is 370 g/mol. The van der Waals surface area contributed by atoms with Crippen molar-refractivity contribution < 1.29 is 0 Å². The second kappa shape index (κ2) is 7.17. The quantitative estimate of drug-likeness (QED) is 0.719. The molecule has 2 fully saturated rings. The van der Waals surface area contributed by atoms with E-state index in [9.17, 15) is 0 Å². The Labute approximate surface area is 176 Å². The van der Waals surface area contributed by atoms with Crippen molar-refractivity contribution in [2.24, 2.45) is 11.8 Å². The van der Waals surface area contributed by atoms with Gasteiger partial charge in [0, 0.05) is 30.0 Å². The minimum atomic E-state index is -0.0370. The van der Waals surface area contributed by atoms with Crippen molar-refractivity contribution in [1.82, 2.24) is 24.8 Å². The Morgan fingerprint density at radius 3 is 2.77 bits per heavy atom. The first-order valence-corrected chi connectivity index (χ1v) is 11.1.